The molecule has 0 spiro atoms. The molecule has 4 N–H and O–H groups in total. The topological polar surface area (TPSA) is 84.2 Å². The van der Waals surface area contributed by atoms with Crippen molar-refractivity contribution < 1.29 is 8.42 Å². The van der Waals surface area contributed by atoms with Crippen LogP contribution in [-0.2, 0) is 16.4 Å². The van der Waals surface area contributed by atoms with Crippen molar-refractivity contribution in [2.45, 2.75) is 32.9 Å². The molecule has 102 valence electrons. The second-order valence-corrected chi connectivity index (χ2v) is 6.20. The van der Waals surface area contributed by atoms with Crippen LogP contribution < -0.4 is 15.8 Å². The molecule has 0 bridgehead atoms. The highest BCUT2D eigenvalue weighted by Gasteiger charge is 2.08. The van der Waals surface area contributed by atoms with Gasteiger partial charge < -0.3 is 11.1 Å². The summed E-state index contributed by atoms with van der Waals surface area (Å²) in [7, 11) is -3.21. The van der Waals surface area contributed by atoms with Gasteiger partial charge in [-0.1, -0.05) is 13.3 Å². The summed E-state index contributed by atoms with van der Waals surface area (Å²) in [5, 5.41) is 3.08. The van der Waals surface area contributed by atoms with Crippen LogP contribution in [0.15, 0.2) is 18.2 Å². The highest BCUT2D eigenvalue weighted by Crippen LogP contribution is 2.19. The van der Waals surface area contributed by atoms with Gasteiger partial charge in [-0.25, -0.2) is 8.42 Å². The lowest BCUT2D eigenvalue weighted by Gasteiger charge is -2.17. The third-order valence-corrected chi connectivity index (χ3v) is 3.22. The molecule has 0 aromatic heterocycles. The number of nitrogens with two attached hydrogens (primary N) is 1. The Morgan fingerprint density at radius 1 is 1.39 bits per heavy atom. The van der Waals surface area contributed by atoms with Gasteiger partial charge in [0.1, 0.15) is 0 Å². The maximum atomic E-state index is 11.1. The Morgan fingerprint density at radius 2 is 2.06 bits per heavy atom. The van der Waals surface area contributed by atoms with Crippen LogP contribution in [0.5, 0.6) is 0 Å². The molecule has 0 aliphatic rings. The summed E-state index contributed by atoms with van der Waals surface area (Å²) in [6.45, 7) is 3.84. The molecule has 0 amide bonds. The lowest BCUT2D eigenvalue weighted by Crippen LogP contribution is -2.37. The molecule has 5 nitrogen and oxygen atoms in total. The van der Waals surface area contributed by atoms with Crippen LogP contribution in [-0.4, -0.2) is 20.8 Å². The number of sulfonamides is 1. The van der Waals surface area contributed by atoms with E-state index in [1.54, 1.807) is 6.92 Å². The first-order valence-corrected chi connectivity index (χ1v) is 7.83. The summed E-state index contributed by atoms with van der Waals surface area (Å²) in [5.41, 5.74) is 8.57. The summed E-state index contributed by atoms with van der Waals surface area (Å²) in [4.78, 5) is 0. The third kappa shape index (κ3) is 4.93. The highest BCUT2D eigenvalue weighted by molar-refractivity contribution is 7.88. The predicted molar refractivity (Wildman–Crippen MR) is 75.9 cm³/mol. The molecule has 18 heavy (non-hydrogen) atoms. The van der Waals surface area contributed by atoms with E-state index in [9.17, 15) is 8.42 Å². The first-order chi connectivity index (χ1) is 8.31. The van der Waals surface area contributed by atoms with Gasteiger partial charge in [-0.05, 0) is 37.1 Å². The standard InChI is InChI=1S/C12H21N3O2S/c1-4-5-10-8-11(6-7-12(10)13)14-9(2)15-18(3,16)17/h6-9,14-15H,4-5,13H2,1-3H3. The average molecular weight is 271 g/mol. The molecule has 0 radical (unpaired) electrons. The van der Waals surface area contributed by atoms with Gasteiger partial charge in [-0.15, -0.1) is 0 Å². The molecule has 0 saturated heterocycles. The van der Waals surface area contributed by atoms with Crippen LogP contribution in [0, 0.1) is 0 Å². The quantitative estimate of drug-likeness (QED) is 0.541. The second kappa shape index (κ2) is 6.06. The van der Waals surface area contributed by atoms with Gasteiger partial charge in [0.2, 0.25) is 10.0 Å². The number of anilines is 2. The summed E-state index contributed by atoms with van der Waals surface area (Å²) in [6.07, 6.45) is 2.70. The van der Waals surface area contributed by atoms with Crippen LogP contribution in [0.2, 0.25) is 0 Å². The van der Waals surface area contributed by atoms with E-state index in [4.69, 9.17) is 5.73 Å². The Hall–Kier alpha value is -1.27. The first-order valence-electron chi connectivity index (χ1n) is 5.94. The molecule has 6 heteroatoms. The van der Waals surface area contributed by atoms with Crippen molar-refractivity contribution in [3.63, 3.8) is 0 Å². The minimum Gasteiger partial charge on any atom is -0.399 e. The van der Waals surface area contributed by atoms with E-state index in [1.165, 1.54) is 0 Å². The van der Waals surface area contributed by atoms with E-state index in [-0.39, 0.29) is 6.17 Å². The Balaban J connectivity index is 2.76. The number of benzene rings is 1. The number of hydrogen-bond donors (Lipinski definition) is 3. The molecule has 1 unspecified atom stereocenters. The maximum Gasteiger partial charge on any atom is 0.210 e. The van der Waals surface area contributed by atoms with Gasteiger partial charge in [0.15, 0.2) is 0 Å². The fourth-order valence-electron chi connectivity index (χ4n) is 1.78. The molecule has 1 aromatic rings. The van der Waals surface area contributed by atoms with E-state index in [1.807, 2.05) is 18.2 Å². The summed E-state index contributed by atoms with van der Waals surface area (Å²) in [6, 6.07) is 5.63. The lowest BCUT2D eigenvalue weighted by molar-refractivity contribution is 0.578. The van der Waals surface area contributed by atoms with Crippen molar-refractivity contribution in [1.29, 1.82) is 0 Å². The molecule has 0 heterocycles. The number of nitrogen functional groups attached to an aromatic ring is 1. The Labute approximate surface area is 109 Å². The van der Waals surface area contributed by atoms with Gasteiger partial charge in [0.05, 0.1) is 12.4 Å². The van der Waals surface area contributed by atoms with Crippen molar-refractivity contribution in [2.24, 2.45) is 0 Å². The van der Waals surface area contributed by atoms with Crippen LogP contribution in [0.25, 0.3) is 0 Å². The zero-order valence-electron chi connectivity index (χ0n) is 11.0. The first kappa shape index (κ1) is 14.8. The van der Waals surface area contributed by atoms with Crippen molar-refractivity contribution >= 4 is 21.4 Å². The minimum absolute atomic E-state index is 0.363. The number of nitrogens with one attached hydrogen (secondary N) is 2. The second-order valence-electron chi connectivity index (χ2n) is 4.42. The van der Waals surface area contributed by atoms with Crippen LogP contribution in [0.4, 0.5) is 11.4 Å². The van der Waals surface area contributed by atoms with Crippen LogP contribution >= 0.6 is 0 Å². The molecule has 0 aliphatic heterocycles. The van der Waals surface area contributed by atoms with Crippen molar-refractivity contribution in [2.75, 3.05) is 17.3 Å². The maximum absolute atomic E-state index is 11.1. The van der Waals surface area contributed by atoms with Crippen molar-refractivity contribution in [1.82, 2.24) is 4.72 Å². The normalized spacial score (nSPS) is 13.3. The summed E-state index contributed by atoms with van der Waals surface area (Å²) in [5.74, 6) is 0. The molecular formula is C12H21N3O2S. The molecule has 0 fully saturated rings. The van der Waals surface area contributed by atoms with Gasteiger partial charge in [-0.3, -0.25) is 0 Å². The Bertz CT molecular complexity index is 500. The zero-order chi connectivity index (χ0) is 13.8. The Kier molecular flexibility index (Phi) is 4.98. The highest BCUT2D eigenvalue weighted by atomic mass is 32.2. The van der Waals surface area contributed by atoms with Gasteiger partial charge in [0.25, 0.3) is 0 Å². The summed E-state index contributed by atoms with van der Waals surface area (Å²) >= 11 is 0. The Morgan fingerprint density at radius 3 is 2.61 bits per heavy atom. The fourth-order valence-corrected chi connectivity index (χ4v) is 2.48. The largest absolute Gasteiger partial charge is 0.399 e. The van der Waals surface area contributed by atoms with E-state index in [0.29, 0.717) is 0 Å². The molecule has 0 aliphatic carbocycles. The third-order valence-electron chi connectivity index (χ3n) is 2.44. The molecule has 1 aromatic carbocycles. The smallest absolute Gasteiger partial charge is 0.210 e. The SMILES string of the molecule is CCCc1cc(NC(C)NS(C)(=O)=O)ccc1N. The minimum atomic E-state index is -3.21. The van der Waals surface area contributed by atoms with Gasteiger partial charge >= 0.3 is 0 Å². The number of aryl methyl sites for hydroxylation is 1. The van der Waals surface area contributed by atoms with Crippen molar-refractivity contribution in [3.05, 3.63) is 23.8 Å². The summed E-state index contributed by atoms with van der Waals surface area (Å²) < 4.78 is 24.6. The number of hydrogen-bond acceptors (Lipinski definition) is 4. The lowest BCUT2D eigenvalue weighted by atomic mass is 10.1. The van der Waals surface area contributed by atoms with E-state index in [0.717, 1.165) is 36.0 Å². The van der Waals surface area contributed by atoms with Gasteiger partial charge in [-0.2, -0.15) is 4.72 Å². The van der Waals surface area contributed by atoms with E-state index >= 15 is 0 Å². The monoisotopic (exact) mass is 271 g/mol. The predicted octanol–water partition coefficient (Wildman–Crippen LogP) is 1.53. The molecule has 1 rings (SSSR count). The van der Waals surface area contributed by atoms with Crippen molar-refractivity contribution in [3.8, 4) is 0 Å². The van der Waals surface area contributed by atoms with E-state index < -0.39 is 10.0 Å². The fraction of sp³-hybridized carbons (Fsp3) is 0.500. The molecular weight excluding hydrogens is 250 g/mol. The van der Waals surface area contributed by atoms with Gasteiger partial charge in [0, 0.05) is 11.4 Å². The van der Waals surface area contributed by atoms with E-state index in [2.05, 4.69) is 17.0 Å². The van der Waals surface area contributed by atoms with Crippen LogP contribution in [0.3, 0.4) is 0 Å². The zero-order valence-corrected chi connectivity index (χ0v) is 11.8. The molecule has 0 saturated carbocycles. The molecule has 1 atom stereocenters. The number of rotatable bonds is 6. The van der Waals surface area contributed by atoms with Crippen LogP contribution in [0.1, 0.15) is 25.8 Å². The average Bonchev–Trinajstić information content (AvgIpc) is 2.20.